The highest BCUT2D eigenvalue weighted by Gasteiger charge is 2.35. The molecule has 1 N–H and O–H groups in total. The van der Waals surface area contributed by atoms with E-state index in [1.165, 1.54) is 12.1 Å². The van der Waals surface area contributed by atoms with Crippen LogP contribution in [0.5, 0.6) is 5.88 Å². The van der Waals surface area contributed by atoms with Crippen LogP contribution in [0.4, 0.5) is 23.2 Å². The van der Waals surface area contributed by atoms with E-state index in [1.54, 1.807) is 19.3 Å². The fraction of sp³-hybridized carbons (Fsp3) is 0.308. The minimum Gasteiger partial charge on any atom is -0.481 e. The lowest BCUT2D eigenvalue weighted by Gasteiger charge is -2.13. The lowest BCUT2D eigenvalue weighted by Crippen LogP contribution is -2.17. The molecule has 0 unspecified atom stereocenters. The monoisotopic (exact) mass is 500 g/mol. The molecule has 10 heteroatoms. The number of anilines is 1. The first-order chi connectivity index (χ1) is 17.1. The number of pyridine rings is 2. The van der Waals surface area contributed by atoms with Crippen molar-refractivity contribution < 1.29 is 27.1 Å². The van der Waals surface area contributed by atoms with E-state index < -0.39 is 29.3 Å². The van der Waals surface area contributed by atoms with E-state index in [0.717, 1.165) is 54.7 Å². The Morgan fingerprint density at radius 3 is 2.50 bits per heavy atom. The van der Waals surface area contributed by atoms with E-state index in [4.69, 9.17) is 0 Å². The van der Waals surface area contributed by atoms with Gasteiger partial charge in [0.05, 0.1) is 25.4 Å². The second-order valence-electron chi connectivity index (χ2n) is 8.55. The number of methoxy groups -OCH3 is 1. The standard InChI is InChI=1S/C26H24F4N4O2/c1-14-20(24(31-2)15-4-5-15)8-18(12-32-14)16-6-7-17(22(27)9-16)10-23(35)34-19-11-21(26(28,29)30)25(36-3)33-13-19/h6-9,11-13,15H,4-5,10H2,1-3H3,(H,34,35). The third kappa shape index (κ3) is 5.53. The van der Waals surface area contributed by atoms with Crippen molar-refractivity contribution in [2.24, 2.45) is 10.9 Å². The van der Waals surface area contributed by atoms with E-state index >= 15 is 0 Å². The molecule has 1 amide bonds. The van der Waals surface area contributed by atoms with Gasteiger partial charge in [-0.2, -0.15) is 13.2 Å². The fourth-order valence-corrected chi connectivity index (χ4v) is 3.96. The fourth-order valence-electron chi connectivity index (χ4n) is 3.96. The number of carbonyl (C=O) groups excluding carboxylic acids is 1. The van der Waals surface area contributed by atoms with Crippen LogP contribution in [-0.2, 0) is 17.4 Å². The molecule has 0 spiro atoms. The molecule has 4 rings (SSSR count). The third-order valence-electron chi connectivity index (χ3n) is 5.94. The van der Waals surface area contributed by atoms with E-state index in [-0.39, 0.29) is 17.7 Å². The summed E-state index contributed by atoms with van der Waals surface area (Å²) in [6.45, 7) is 1.91. The van der Waals surface area contributed by atoms with Gasteiger partial charge in [-0.25, -0.2) is 9.37 Å². The van der Waals surface area contributed by atoms with Crippen LogP contribution in [0.3, 0.4) is 0 Å². The zero-order chi connectivity index (χ0) is 26.0. The summed E-state index contributed by atoms with van der Waals surface area (Å²) in [5, 5.41) is 2.33. The molecule has 0 saturated heterocycles. The molecule has 188 valence electrons. The van der Waals surface area contributed by atoms with Crippen LogP contribution in [-0.4, -0.2) is 35.7 Å². The molecule has 1 aliphatic carbocycles. The van der Waals surface area contributed by atoms with Gasteiger partial charge in [0.15, 0.2) is 0 Å². The number of benzene rings is 1. The molecule has 2 heterocycles. The average Bonchev–Trinajstić information content (AvgIpc) is 3.67. The van der Waals surface area contributed by atoms with Gasteiger partial charge in [-0.15, -0.1) is 0 Å². The van der Waals surface area contributed by atoms with Crippen LogP contribution in [0.15, 0.2) is 47.7 Å². The maximum atomic E-state index is 14.9. The van der Waals surface area contributed by atoms with Crippen molar-refractivity contribution in [3.05, 3.63) is 70.9 Å². The molecule has 0 aliphatic heterocycles. The Hall–Kier alpha value is -3.82. The van der Waals surface area contributed by atoms with Gasteiger partial charge in [0.2, 0.25) is 11.8 Å². The van der Waals surface area contributed by atoms with Gasteiger partial charge in [0.1, 0.15) is 11.4 Å². The number of amides is 1. The smallest absolute Gasteiger partial charge is 0.421 e. The minimum atomic E-state index is -4.71. The van der Waals surface area contributed by atoms with Gasteiger partial charge >= 0.3 is 6.18 Å². The van der Waals surface area contributed by atoms with E-state index in [0.29, 0.717) is 11.5 Å². The van der Waals surface area contributed by atoms with Crippen molar-refractivity contribution in [2.45, 2.75) is 32.4 Å². The van der Waals surface area contributed by atoms with Crippen molar-refractivity contribution >= 4 is 17.3 Å². The Morgan fingerprint density at radius 2 is 1.89 bits per heavy atom. The molecule has 2 aromatic heterocycles. The van der Waals surface area contributed by atoms with Gasteiger partial charge < -0.3 is 10.1 Å². The molecular formula is C26H24F4N4O2. The summed E-state index contributed by atoms with van der Waals surface area (Å²) < 4.78 is 59.1. The number of hydrogen-bond donors (Lipinski definition) is 1. The molecule has 3 aromatic rings. The first-order valence-corrected chi connectivity index (χ1v) is 11.2. The van der Waals surface area contributed by atoms with Crippen LogP contribution in [0.25, 0.3) is 11.1 Å². The maximum absolute atomic E-state index is 14.9. The van der Waals surface area contributed by atoms with E-state index in [9.17, 15) is 22.4 Å². The summed E-state index contributed by atoms with van der Waals surface area (Å²) in [7, 11) is 2.82. The molecule has 1 saturated carbocycles. The number of nitrogens with one attached hydrogen (secondary N) is 1. The molecule has 6 nitrogen and oxygen atoms in total. The second-order valence-corrected chi connectivity index (χ2v) is 8.55. The van der Waals surface area contributed by atoms with Gasteiger partial charge in [0, 0.05) is 41.7 Å². The van der Waals surface area contributed by atoms with Crippen molar-refractivity contribution in [3.8, 4) is 17.0 Å². The van der Waals surface area contributed by atoms with Crippen LogP contribution in [0.2, 0.25) is 0 Å². The Balaban J connectivity index is 1.51. The van der Waals surface area contributed by atoms with Crippen molar-refractivity contribution in [1.82, 2.24) is 9.97 Å². The quantitative estimate of drug-likeness (QED) is 0.337. The number of halogens is 4. The number of carbonyl (C=O) groups is 1. The third-order valence-corrected chi connectivity index (χ3v) is 5.94. The minimum absolute atomic E-state index is 0.0999. The Morgan fingerprint density at radius 1 is 1.14 bits per heavy atom. The predicted octanol–water partition coefficient (Wildman–Crippen LogP) is 5.63. The van der Waals surface area contributed by atoms with E-state index in [2.05, 4.69) is 25.0 Å². The highest BCUT2D eigenvalue weighted by Crippen LogP contribution is 2.37. The zero-order valence-electron chi connectivity index (χ0n) is 19.9. The number of ether oxygens (including phenoxy) is 1. The summed E-state index contributed by atoms with van der Waals surface area (Å²) in [5.41, 5.74) is 2.89. The molecule has 0 atom stereocenters. The Bertz CT molecular complexity index is 1330. The van der Waals surface area contributed by atoms with Crippen LogP contribution >= 0.6 is 0 Å². The number of aryl methyl sites for hydroxylation is 1. The van der Waals surface area contributed by atoms with Crippen LogP contribution in [0, 0.1) is 18.7 Å². The molecule has 0 radical (unpaired) electrons. The number of aromatic nitrogens is 2. The molecule has 1 aliphatic rings. The summed E-state index contributed by atoms with van der Waals surface area (Å²) in [5.74, 6) is -1.48. The number of rotatable bonds is 7. The van der Waals surface area contributed by atoms with Gasteiger partial charge in [-0.1, -0.05) is 12.1 Å². The molecule has 36 heavy (non-hydrogen) atoms. The summed E-state index contributed by atoms with van der Waals surface area (Å²) in [6.07, 6.45) is -0.199. The first kappa shape index (κ1) is 25.3. The number of alkyl halides is 3. The van der Waals surface area contributed by atoms with Crippen molar-refractivity contribution in [1.29, 1.82) is 0 Å². The largest absolute Gasteiger partial charge is 0.481 e. The number of aliphatic imine (C=N–C) groups is 1. The molecule has 0 bridgehead atoms. The maximum Gasteiger partial charge on any atom is 0.421 e. The summed E-state index contributed by atoms with van der Waals surface area (Å²) >= 11 is 0. The number of hydrogen-bond acceptors (Lipinski definition) is 5. The molecule has 1 aromatic carbocycles. The lowest BCUT2D eigenvalue weighted by molar-refractivity contribution is -0.139. The normalized spacial score (nSPS) is 14.0. The average molecular weight is 500 g/mol. The molecule has 1 fully saturated rings. The van der Waals surface area contributed by atoms with Crippen LogP contribution in [0.1, 0.15) is 35.2 Å². The summed E-state index contributed by atoms with van der Waals surface area (Å²) in [4.78, 5) is 24.9. The molecular weight excluding hydrogens is 476 g/mol. The second kappa shape index (κ2) is 10.0. The summed E-state index contributed by atoms with van der Waals surface area (Å²) in [6, 6.07) is 7.14. The highest BCUT2D eigenvalue weighted by molar-refractivity contribution is 6.05. The SMILES string of the molecule is CN=C(c1cc(-c2ccc(CC(=O)Nc3cnc(OC)c(C(F)(F)F)c3)c(F)c2)cnc1C)C1CC1. The topological polar surface area (TPSA) is 76.5 Å². The zero-order valence-corrected chi connectivity index (χ0v) is 19.9. The Kier molecular flexibility index (Phi) is 7.05. The first-order valence-electron chi connectivity index (χ1n) is 11.2. The number of nitrogens with zero attached hydrogens (tertiary/aromatic N) is 3. The lowest BCUT2D eigenvalue weighted by atomic mass is 9.98. The Labute approximate surface area is 205 Å². The van der Waals surface area contributed by atoms with Crippen LogP contribution < -0.4 is 10.1 Å². The van der Waals surface area contributed by atoms with E-state index in [1.807, 2.05) is 13.0 Å². The van der Waals surface area contributed by atoms with Crippen molar-refractivity contribution in [2.75, 3.05) is 19.5 Å². The highest BCUT2D eigenvalue weighted by atomic mass is 19.4. The van der Waals surface area contributed by atoms with Gasteiger partial charge in [0.25, 0.3) is 0 Å². The van der Waals surface area contributed by atoms with Gasteiger partial charge in [-0.05, 0) is 49.1 Å². The van der Waals surface area contributed by atoms with Crippen molar-refractivity contribution in [3.63, 3.8) is 0 Å². The van der Waals surface area contributed by atoms with Gasteiger partial charge in [-0.3, -0.25) is 14.8 Å². The predicted molar refractivity (Wildman–Crippen MR) is 128 cm³/mol.